The van der Waals surface area contributed by atoms with Crippen LogP contribution < -0.4 is 0 Å². The summed E-state index contributed by atoms with van der Waals surface area (Å²) >= 11 is 1.70. The summed E-state index contributed by atoms with van der Waals surface area (Å²) in [7, 11) is 1.83. The molecule has 1 aromatic rings. The summed E-state index contributed by atoms with van der Waals surface area (Å²) in [6, 6.07) is 0. The first kappa shape index (κ1) is 15.4. The van der Waals surface area contributed by atoms with Gasteiger partial charge >= 0.3 is 0 Å². The number of hydrogen-bond donors (Lipinski definition) is 1. The average Bonchev–Trinajstić information content (AvgIpc) is 2.69. The van der Waals surface area contributed by atoms with Crippen molar-refractivity contribution in [2.75, 3.05) is 7.11 Å². The van der Waals surface area contributed by atoms with Crippen LogP contribution in [0.2, 0.25) is 0 Å². The van der Waals surface area contributed by atoms with Crippen LogP contribution in [0.4, 0.5) is 0 Å². The Labute approximate surface area is 131 Å². The van der Waals surface area contributed by atoms with Crippen molar-refractivity contribution in [1.29, 1.82) is 0 Å². The molecule has 0 aromatic carbocycles. The quantitative estimate of drug-likeness (QED) is 0.826. The Bertz CT molecular complexity index is 501. The number of nitrogens with zero attached hydrogens (tertiary/aromatic N) is 1. The molecule has 0 amide bonds. The molecule has 0 bridgehead atoms. The fraction of sp³-hybridized carbons (Fsp3) is 0.824. The molecule has 0 saturated heterocycles. The van der Waals surface area contributed by atoms with Gasteiger partial charge in [0.15, 0.2) is 0 Å². The molecule has 1 unspecified atom stereocenters. The summed E-state index contributed by atoms with van der Waals surface area (Å²) < 4.78 is 5.98. The number of hydrogen-bond acceptors (Lipinski definition) is 4. The minimum absolute atomic E-state index is 0.140. The van der Waals surface area contributed by atoms with Crippen LogP contribution in [0.3, 0.4) is 0 Å². The molecular weight excluding hydrogens is 282 g/mol. The molecule has 2 aliphatic carbocycles. The highest BCUT2D eigenvalue weighted by molar-refractivity contribution is 7.12. The highest BCUT2D eigenvalue weighted by Crippen LogP contribution is 2.47. The number of methoxy groups -OCH3 is 1. The van der Waals surface area contributed by atoms with Crippen molar-refractivity contribution in [3.8, 4) is 0 Å². The third-order valence-electron chi connectivity index (χ3n) is 5.11. The zero-order chi connectivity index (χ0) is 15.1. The van der Waals surface area contributed by atoms with E-state index in [9.17, 15) is 5.11 Å². The molecule has 3 nitrogen and oxygen atoms in total. The zero-order valence-corrected chi connectivity index (χ0v) is 14.3. The van der Waals surface area contributed by atoms with Gasteiger partial charge in [-0.2, -0.15) is 0 Å². The van der Waals surface area contributed by atoms with Crippen molar-refractivity contribution in [2.45, 2.75) is 76.9 Å². The van der Waals surface area contributed by atoms with Crippen molar-refractivity contribution in [1.82, 2.24) is 4.98 Å². The monoisotopic (exact) mass is 309 g/mol. The van der Waals surface area contributed by atoms with Crippen LogP contribution in [0, 0.1) is 5.41 Å². The number of aliphatic hydroxyl groups is 1. The van der Waals surface area contributed by atoms with Crippen LogP contribution in [0.25, 0.3) is 0 Å². The van der Waals surface area contributed by atoms with Gasteiger partial charge in [-0.15, -0.1) is 11.3 Å². The largest absolute Gasteiger partial charge is 0.387 e. The highest BCUT2D eigenvalue weighted by atomic mass is 32.1. The second kappa shape index (κ2) is 5.64. The highest BCUT2D eigenvalue weighted by Gasteiger charge is 2.40. The van der Waals surface area contributed by atoms with Crippen LogP contribution in [-0.2, 0) is 16.8 Å². The minimum atomic E-state index is -0.352. The van der Waals surface area contributed by atoms with E-state index in [0.717, 1.165) is 41.3 Å². The Kier molecular flexibility index (Phi) is 4.15. The Balaban J connectivity index is 1.96. The van der Waals surface area contributed by atoms with Gasteiger partial charge in [0.25, 0.3) is 0 Å². The van der Waals surface area contributed by atoms with Gasteiger partial charge < -0.3 is 9.84 Å². The van der Waals surface area contributed by atoms with Gasteiger partial charge in [0.05, 0.1) is 16.7 Å². The molecule has 3 rings (SSSR count). The molecule has 2 aliphatic rings. The molecule has 1 saturated carbocycles. The first-order valence-electron chi connectivity index (χ1n) is 8.19. The summed E-state index contributed by atoms with van der Waals surface area (Å²) in [5.41, 5.74) is 1.04. The van der Waals surface area contributed by atoms with E-state index >= 15 is 0 Å². The number of ether oxygens (including phenoxy) is 1. The van der Waals surface area contributed by atoms with Crippen molar-refractivity contribution in [3.63, 3.8) is 0 Å². The number of aliphatic hydroxyl groups excluding tert-OH is 1. The second-order valence-corrected chi connectivity index (χ2v) is 8.53. The molecule has 21 heavy (non-hydrogen) atoms. The van der Waals surface area contributed by atoms with Crippen molar-refractivity contribution < 1.29 is 9.84 Å². The van der Waals surface area contributed by atoms with E-state index in [4.69, 9.17) is 9.72 Å². The number of thiazole rings is 1. The lowest BCUT2D eigenvalue weighted by Crippen LogP contribution is -2.28. The van der Waals surface area contributed by atoms with Crippen molar-refractivity contribution in [2.24, 2.45) is 5.41 Å². The maximum Gasteiger partial charge on any atom is 0.125 e. The Morgan fingerprint density at radius 2 is 1.86 bits per heavy atom. The van der Waals surface area contributed by atoms with Crippen LogP contribution in [0.5, 0.6) is 0 Å². The minimum Gasteiger partial charge on any atom is -0.387 e. The maximum atomic E-state index is 10.5. The summed E-state index contributed by atoms with van der Waals surface area (Å²) in [5.74, 6) is 0. The van der Waals surface area contributed by atoms with Gasteiger partial charge in [0.2, 0.25) is 0 Å². The normalized spacial score (nSPS) is 27.9. The maximum absolute atomic E-state index is 10.5. The van der Waals surface area contributed by atoms with Crippen molar-refractivity contribution >= 4 is 11.3 Å². The van der Waals surface area contributed by atoms with Gasteiger partial charge in [-0.25, -0.2) is 4.98 Å². The van der Waals surface area contributed by atoms with E-state index in [1.807, 2.05) is 7.11 Å². The fourth-order valence-electron chi connectivity index (χ4n) is 3.89. The smallest absolute Gasteiger partial charge is 0.125 e. The van der Waals surface area contributed by atoms with Crippen LogP contribution in [0.1, 0.15) is 80.5 Å². The number of aromatic nitrogens is 1. The van der Waals surface area contributed by atoms with Gasteiger partial charge in [-0.1, -0.05) is 39.5 Å². The predicted octanol–water partition coefficient (Wildman–Crippen LogP) is 4.34. The lowest BCUT2D eigenvalue weighted by molar-refractivity contribution is -0.0281. The van der Waals surface area contributed by atoms with E-state index in [0.29, 0.717) is 0 Å². The zero-order valence-electron chi connectivity index (χ0n) is 13.4. The third kappa shape index (κ3) is 2.90. The third-order valence-corrected chi connectivity index (χ3v) is 6.50. The molecule has 4 heteroatoms. The van der Waals surface area contributed by atoms with Crippen molar-refractivity contribution in [3.05, 3.63) is 15.6 Å². The second-order valence-electron chi connectivity index (χ2n) is 7.50. The first-order chi connectivity index (χ1) is 9.96. The molecular formula is C17H27NO2S. The van der Waals surface area contributed by atoms with Gasteiger partial charge in [-0.3, -0.25) is 0 Å². The van der Waals surface area contributed by atoms with E-state index in [1.54, 1.807) is 11.3 Å². The van der Waals surface area contributed by atoms with Crippen LogP contribution in [-0.4, -0.2) is 17.2 Å². The van der Waals surface area contributed by atoms with Gasteiger partial charge in [0.1, 0.15) is 10.6 Å². The van der Waals surface area contributed by atoms with Crippen LogP contribution >= 0.6 is 11.3 Å². The molecule has 0 radical (unpaired) electrons. The molecule has 1 atom stereocenters. The Morgan fingerprint density at radius 3 is 2.48 bits per heavy atom. The Hall–Kier alpha value is -0.450. The summed E-state index contributed by atoms with van der Waals surface area (Å²) in [4.78, 5) is 6.03. The van der Waals surface area contributed by atoms with E-state index in [-0.39, 0.29) is 17.1 Å². The van der Waals surface area contributed by atoms with Gasteiger partial charge in [-0.05, 0) is 31.1 Å². The molecule has 1 fully saturated rings. The molecule has 1 N–H and O–H groups in total. The van der Waals surface area contributed by atoms with E-state index in [1.165, 1.54) is 25.7 Å². The van der Waals surface area contributed by atoms with Crippen LogP contribution in [0.15, 0.2) is 0 Å². The molecule has 118 valence electrons. The lowest BCUT2D eigenvalue weighted by atomic mass is 9.77. The standard InChI is InChI=1S/C17H27NO2S/c1-16(2)10-12-14(13(19)11-16)21-15(18-12)17(20-3)8-6-4-5-7-9-17/h13,19H,4-11H2,1-3H3. The first-order valence-corrected chi connectivity index (χ1v) is 9.01. The average molecular weight is 309 g/mol. The molecule has 1 aromatic heterocycles. The lowest BCUT2D eigenvalue weighted by Gasteiger charge is -2.31. The SMILES string of the molecule is COC1(c2nc3c(s2)C(O)CC(C)(C)C3)CCCCCC1. The predicted molar refractivity (Wildman–Crippen MR) is 85.6 cm³/mol. The molecule has 1 heterocycles. The topological polar surface area (TPSA) is 42.4 Å². The van der Waals surface area contributed by atoms with Gasteiger partial charge in [0, 0.05) is 7.11 Å². The fourth-order valence-corrected chi connectivity index (χ4v) is 5.18. The van der Waals surface area contributed by atoms with E-state index < -0.39 is 0 Å². The molecule has 0 spiro atoms. The van der Waals surface area contributed by atoms with E-state index in [2.05, 4.69) is 13.8 Å². The number of rotatable bonds is 2. The summed E-state index contributed by atoms with van der Waals surface area (Å²) in [6.45, 7) is 4.44. The Morgan fingerprint density at radius 1 is 1.19 bits per heavy atom. The molecule has 0 aliphatic heterocycles. The summed E-state index contributed by atoms with van der Waals surface area (Å²) in [5, 5.41) is 11.6. The number of fused-ring (bicyclic) bond motifs is 1. The summed E-state index contributed by atoms with van der Waals surface area (Å²) in [6.07, 6.45) is 8.60.